The third-order valence-corrected chi connectivity index (χ3v) is 15.5. The molecule has 0 radical (unpaired) electrons. The zero-order valence-corrected chi connectivity index (χ0v) is 36.0. The van der Waals surface area contributed by atoms with E-state index in [-0.39, 0.29) is 6.04 Å². The SMILES string of the molecule is C1=CC2c3ccccc3N(c3cccc4c3c3ccccc3n4-c3ccc4sc5ccc(-n6c7ccccc7c7c(-n8c9ccccc9c9ccccc98)cccc76)cc5c4c3)C2C=C1. The zero-order chi connectivity index (χ0) is 42.3. The molecule has 304 valence electrons. The van der Waals surface area contributed by atoms with E-state index in [2.05, 4.69) is 237 Å². The van der Waals surface area contributed by atoms with E-state index >= 15 is 0 Å². The van der Waals surface area contributed by atoms with Crippen molar-refractivity contribution in [3.8, 4) is 17.1 Å². The number of aromatic nitrogens is 3. The Kier molecular flexibility index (Phi) is 7.18. The predicted molar refractivity (Wildman–Crippen MR) is 276 cm³/mol. The van der Waals surface area contributed by atoms with Crippen LogP contribution in [0.25, 0.3) is 103 Å². The van der Waals surface area contributed by atoms with Crippen LogP contribution in [0.1, 0.15) is 11.5 Å². The first-order valence-electron chi connectivity index (χ1n) is 22.5. The number of benzene rings is 9. The second-order valence-electron chi connectivity index (χ2n) is 17.6. The molecule has 5 heterocycles. The third kappa shape index (κ3) is 4.80. The monoisotopic (exact) mass is 846 g/mol. The van der Waals surface area contributed by atoms with Crippen molar-refractivity contribution in [2.45, 2.75) is 12.0 Å². The first-order valence-corrected chi connectivity index (χ1v) is 23.3. The van der Waals surface area contributed by atoms with Gasteiger partial charge in [-0.05, 0) is 96.6 Å². The Morgan fingerprint density at radius 3 is 1.42 bits per heavy atom. The molecule has 15 rings (SSSR count). The van der Waals surface area contributed by atoms with Crippen molar-refractivity contribution < 1.29 is 0 Å². The molecule has 13 aromatic rings. The van der Waals surface area contributed by atoms with Crippen molar-refractivity contribution >= 4 is 108 Å². The molecule has 2 atom stereocenters. The number of nitrogens with zero attached hydrogens (tertiary/aromatic N) is 4. The Morgan fingerprint density at radius 2 is 0.800 bits per heavy atom. The first kappa shape index (κ1) is 35.4. The fourth-order valence-electron chi connectivity index (χ4n) is 11.7. The minimum Gasteiger partial charge on any atom is -0.333 e. The lowest BCUT2D eigenvalue weighted by molar-refractivity contribution is 0.746. The predicted octanol–water partition coefficient (Wildman–Crippen LogP) is 16.1. The Morgan fingerprint density at radius 1 is 0.338 bits per heavy atom. The Balaban J connectivity index is 0.929. The lowest BCUT2D eigenvalue weighted by atomic mass is 9.91. The second kappa shape index (κ2) is 13.2. The van der Waals surface area contributed by atoms with E-state index in [4.69, 9.17) is 0 Å². The molecule has 2 aliphatic rings. The molecule has 0 fully saturated rings. The highest BCUT2D eigenvalue weighted by atomic mass is 32.1. The topological polar surface area (TPSA) is 18.0 Å². The summed E-state index contributed by atoms with van der Waals surface area (Å²) in [5.41, 5.74) is 14.7. The second-order valence-corrected chi connectivity index (χ2v) is 18.7. The van der Waals surface area contributed by atoms with Gasteiger partial charge in [-0.25, -0.2) is 0 Å². The summed E-state index contributed by atoms with van der Waals surface area (Å²) in [4.78, 5) is 2.58. The van der Waals surface area contributed by atoms with Gasteiger partial charge in [-0.2, -0.15) is 0 Å². The molecule has 9 aromatic carbocycles. The molecule has 0 amide bonds. The van der Waals surface area contributed by atoms with Crippen LogP contribution in [0.4, 0.5) is 11.4 Å². The molecule has 0 saturated heterocycles. The van der Waals surface area contributed by atoms with Gasteiger partial charge in [-0.1, -0.05) is 127 Å². The molecule has 0 N–H and O–H groups in total. The molecule has 0 bridgehead atoms. The molecule has 4 nitrogen and oxygen atoms in total. The van der Waals surface area contributed by atoms with E-state index in [0.29, 0.717) is 5.92 Å². The average Bonchev–Trinajstić information content (AvgIpc) is 4.16. The Bertz CT molecular complexity index is 4170. The summed E-state index contributed by atoms with van der Waals surface area (Å²) in [6.07, 6.45) is 9.15. The molecule has 0 saturated carbocycles. The average molecular weight is 847 g/mol. The van der Waals surface area contributed by atoms with Crippen LogP contribution >= 0.6 is 11.3 Å². The number of allylic oxidation sites excluding steroid dienone is 2. The maximum atomic E-state index is 2.58. The minimum atomic E-state index is 0.225. The first-order chi connectivity index (χ1) is 32.3. The molecule has 1 aliphatic carbocycles. The molecular weight excluding hydrogens is 809 g/mol. The number of anilines is 2. The van der Waals surface area contributed by atoms with Crippen LogP contribution in [0.5, 0.6) is 0 Å². The normalized spacial score (nSPS) is 15.8. The van der Waals surface area contributed by atoms with E-state index in [1.807, 2.05) is 11.3 Å². The zero-order valence-electron chi connectivity index (χ0n) is 35.1. The molecule has 65 heavy (non-hydrogen) atoms. The van der Waals surface area contributed by atoms with Gasteiger partial charge in [0.1, 0.15) is 0 Å². The van der Waals surface area contributed by atoms with Gasteiger partial charge in [-0.3, -0.25) is 0 Å². The quantitative estimate of drug-likeness (QED) is 0.173. The standard InChI is InChI=1S/C60H38N4S/c1-7-21-47-39(15-1)40-16-2-8-22-48(40)63(47)55-29-13-27-53-59(55)43-19-5-11-25-51(43)61(53)37-31-33-57-45(35-37)46-36-38(32-34-58(46)65-57)62-52-26-12-6-20-44(52)60-54(62)28-14-30-56(60)64-49-23-9-3-17-41(49)42-18-4-10-24-50(42)64/h1-36,39,47H. The van der Waals surface area contributed by atoms with E-state index < -0.39 is 0 Å². The largest absolute Gasteiger partial charge is 0.333 e. The number of hydrogen-bond donors (Lipinski definition) is 0. The summed E-state index contributed by atoms with van der Waals surface area (Å²) in [6, 6.07) is 72.4. The van der Waals surface area contributed by atoms with Gasteiger partial charge in [-0.15, -0.1) is 11.3 Å². The van der Waals surface area contributed by atoms with Crippen LogP contribution in [-0.4, -0.2) is 19.7 Å². The van der Waals surface area contributed by atoms with Gasteiger partial charge < -0.3 is 18.6 Å². The number of fused-ring (bicyclic) bond motifs is 15. The van der Waals surface area contributed by atoms with Crippen molar-refractivity contribution in [2.75, 3.05) is 4.90 Å². The summed E-state index contributed by atoms with van der Waals surface area (Å²) in [6.45, 7) is 0. The highest BCUT2D eigenvalue weighted by Crippen LogP contribution is 2.51. The highest BCUT2D eigenvalue weighted by Gasteiger charge is 2.38. The molecule has 0 spiro atoms. The number of para-hydroxylation sites is 5. The van der Waals surface area contributed by atoms with Crippen LogP contribution in [0.15, 0.2) is 218 Å². The lowest BCUT2D eigenvalue weighted by Gasteiger charge is -2.29. The smallest absolute Gasteiger partial charge is 0.0629 e. The van der Waals surface area contributed by atoms with Gasteiger partial charge in [0.2, 0.25) is 0 Å². The lowest BCUT2D eigenvalue weighted by Crippen LogP contribution is -2.28. The third-order valence-electron chi connectivity index (χ3n) is 14.3. The summed E-state index contributed by atoms with van der Waals surface area (Å²) in [5, 5.41) is 10.1. The van der Waals surface area contributed by atoms with Gasteiger partial charge in [0.05, 0.1) is 50.5 Å². The van der Waals surface area contributed by atoms with Crippen LogP contribution in [0, 0.1) is 0 Å². The van der Waals surface area contributed by atoms with Crippen LogP contribution in [0.2, 0.25) is 0 Å². The molecule has 5 heteroatoms. The Hall–Kier alpha value is -8.12. The summed E-state index contributed by atoms with van der Waals surface area (Å²) >= 11 is 1.87. The van der Waals surface area contributed by atoms with Gasteiger partial charge in [0.25, 0.3) is 0 Å². The fourth-order valence-corrected chi connectivity index (χ4v) is 12.8. The van der Waals surface area contributed by atoms with E-state index in [1.165, 1.54) is 114 Å². The van der Waals surface area contributed by atoms with Crippen molar-refractivity contribution in [3.05, 3.63) is 224 Å². The van der Waals surface area contributed by atoms with Crippen molar-refractivity contribution in [2.24, 2.45) is 0 Å². The van der Waals surface area contributed by atoms with Crippen molar-refractivity contribution in [1.29, 1.82) is 0 Å². The van der Waals surface area contributed by atoms with Gasteiger partial charge >= 0.3 is 0 Å². The van der Waals surface area contributed by atoms with E-state index in [0.717, 1.165) is 5.69 Å². The van der Waals surface area contributed by atoms with Crippen LogP contribution in [-0.2, 0) is 0 Å². The van der Waals surface area contributed by atoms with Crippen molar-refractivity contribution in [1.82, 2.24) is 13.7 Å². The molecule has 2 unspecified atom stereocenters. The molecular formula is C60H38N4S. The minimum absolute atomic E-state index is 0.225. The molecule has 1 aliphatic heterocycles. The number of rotatable bonds is 4. The van der Waals surface area contributed by atoms with Crippen molar-refractivity contribution in [3.63, 3.8) is 0 Å². The van der Waals surface area contributed by atoms with E-state index in [9.17, 15) is 0 Å². The van der Waals surface area contributed by atoms with Gasteiger partial charge in [0, 0.05) is 75.5 Å². The summed E-state index contributed by atoms with van der Waals surface area (Å²) in [7, 11) is 0. The number of hydrogen-bond acceptors (Lipinski definition) is 2. The maximum absolute atomic E-state index is 2.58. The summed E-state index contributed by atoms with van der Waals surface area (Å²) in [5.74, 6) is 0.323. The van der Waals surface area contributed by atoms with Crippen LogP contribution < -0.4 is 4.90 Å². The highest BCUT2D eigenvalue weighted by molar-refractivity contribution is 7.25. The van der Waals surface area contributed by atoms with E-state index in [1.54, 1.807) is 0 Å². The number of thiophene rings is 1. The maximum Gasteiger partial charge on any atom is 0.0629 e. The molecule has 4 aromatic heterocycles. The Labute approximate surface area is 378 Å². The van der Waals surface area contributed by atoms with Crippen LogP contribution in [0.3, 0.4) is 0 Å². The summed E-state index contributed by atoms with van der Waals surface area (Å²) < 4.78 is 10.00. The fraction of sp³-hybridized carbons (Fsp3) is 0.0333. The van der Waals surface area contributed by atoms with Gasteiger partial charge in [0.15, 0.2) is 0 Å².